The first-order chi connectivity index (χ1) is 6.91. The van der Waals surface area contributed by atoms with Gasteiger partial charge in [0.05, 0.1) is 12.1 Å². The molecule has 0 spiro atoms. The summed E-state index contributed by atoms with van der Waals surface area (Å²) in [6.07, 6.45) is -4.38. The lowest BCUT2D eigenvalue weighted by Crippen LogP contribution is -2.23. The third-order valence-corrected chi connectivity index (χ3v) is 1.75. The van der Waals surface area contributed by atoms with Crippen LogP contribution in [-0.2, 0) is 12.7 Å². The molecule has 0 aliphatic rings. The molecule has 0 saturated heterocycles. The second-order valence-corrected chi connectivity index (χ2v) is 2.90. The lowest BCUT2D eigenvalue weighted by atomic mass is 10.1. The zero-order valence-corrected chi connectivity index (χ0v) is 10.5. The van der Waals surface area contributed by atoms with E-state index >= 15 is 0 Å². The van der Waals surface area contributed by atoms with E-state index in [1.807, 2.05) is 0 Å². The maximum Gasteiger partial charge on any atom is 0.416 e. The highest BCUT2D eigenvalue weighted by Crippen LogP contribution is 2.31. The summed E-state index contributed by atoms with van der Waals surface area (Å²) in [5, 5.41) is 0. The van der Waals surface area contributed by atoms with E-state index in [1.54, 1.807) is 0 Å². The Bertz CT molecular complexity index is 373. The Morgan fingerprint density at radius 1 is 1.19 bits per heavy atom. The highest BCUT2D eigenvalue weighted by molar-refractivity contribution is 14.0. The number of hydrogen-bond donors (Lipinski definition) is 2. The van der Waals surface area contributed by atoms with Gasteiger partial charge in [0.15, 0.2) is 5.96 Å². The van der Waals surface area contributed by atoms with Crippen LogP contribution >= 0.6 is 24.0 Å². The Morgan fingerprint density at radius 3 is 2.25 bits per heavy atom. The fourth-order valence-electron chi connectivity index (χ4n) is 1.11. The van der Waals surface area contributed by atoms with E-state index in [0.717, 1.165) is 6.07 Å². The minimum absolute atomic E-state index is 0. The minimum Gasteiger partial charge on any atom is -0.370 e. The van der Waals surface area contributed by atoms with E-state index in [4.69, 9.17) is 11.5 Å². The van der Waals surface area contributed by atoms with Crippen molar-refractivity contribution < 1.29 is 13.2 Å². The van der Waals surface area contributed by atoms with Crippen LogP contribution in [0.2, 0.25) is 0 Å². The van der Waals surface area contributed by atoms with Crippen molar-refractivity contribution in [2.75, 3.05) is 0 Å². The van der Waals surface area contributed by atoms with Crippen LogP contribution in [-0.4, -0.2) is 5.96 Å². The SMILES string of the molecule is I.NC(N)=NCc1ccccc1C(F)(F)F. The predicted molar refractivity (Wildman–Crippen MR) is 66.4 cm³/mol. The molecule has 0 atom stereocenters. The lowest BCUT2D eigenvalue weighted by Gasteiger charge is -2.10. The van der Waals surface area contributed by atoms with Gasteiger partial charge < -0.3 is 11.5 Å². The van der Waals surface area contributed by atoms with Crippen LogP contribution in [0.5, 0.6) is 0 Å². The Morgan fingerprint density at radius 2 is 1.75 bits per heavy atom. The Balaban J connectivity index is 0.00000225. The Labute approximate surface area is 108 Å². The molecule has 3 nitrogen and oxygen atoms in total. The number of nitrogens with zero attached hydrogens (tertiary/aromatic N) is 1. The molecule has 0 aliphatic carbocycles. The van der Waals surface area contributed by atoms with Gasteiger partial charge >= 0.3 is 6.18 Å². The summed E-state index contributed by atoms with van der Waals surface area (Å²) in [6.45, 7) is -0.169. The second-order valence-electron chi connectivity index (χ2n) is 2.90. The van der Waals surface area contributed by atoms with Gasteiger partial charge in [0.1, 0.15) is 0 Å². The molecular formula is C9H11F3IN3. The van der Waals surface area contributed by atoms with Gasteiger partial charge in [0.2, 0.25) is 0 Å². The number of hydrogen-bond acceptors (Lipinski definition) is 1. The van der Waals surface area contributed by atoms with Crippen molar-refractivity contribution in [2.45, 2.75) is 12.7 Å². The van der Waals surface area contributed by atoms with E-state index < -0.39 is 11.7 Å². The summed E-state index contributed by atoms with van der Waals surface area (Å²) < 4.78 is 37.4. The van der Waals surface area contributed by atoms with Gasteiger partial charge in [-0.1, -0.05) is 18.2 Å². The number of guanidine groups is 1. The van der Waals surface area contributed by atoms with Crippen molar-refractivity contribution in [3.8, 4) is 0 Å². The molecule has 0 fully saturated rings. The third-order valence-electron chi connectivity index (χ3n) is 1.75. The van der Waals surface area contributed by atoms with E-state index in [-0.39, 0.29) is 42.0 Å². The van der Waals surface area contributed by atoms with Crippen LogP contribution in [0.15, 0.2) is 29.3 Å². The molecule has 1 aromatic rings. The number of benzene rings is 1. The smallest absolute Gasteiger partial charge is 0.370 e. The topological polar surface area (TPSA) is 64.4 Å². The Hall–Kier alpha value is -0.990. The quantitative estimate of drug-likeness (QED) is 0.490. The van der Waals surface area contributed by atoms with Gasteiger partial charge in [-0.15, -0.1) is 24.0 Å². The summed E-state index contributed by atoms with van der Waals surface area (Å²) in [5.74, 6) is -0.230. The lowest BCUT2D eigenvalue weighted by molar-refractivity contribution is -0.138. The van der Waals surface area contributed by atoms with Crippen molar-refractivity contribution in [3.63, 3.8) is 0 Å². The van der Waals surface area contributed by atoms with E-state index in [1.165, 1.54) is 18.2 Å². The van der Waals surface area contributed by atoms with Crippen molar-refractivity contribution in [1.82, 2.24) is 0 Å². The van der Waals surface area contributed by atoms with Crippen molar-refractivity contribution >= 4 is 29.9 Å². The first-order valence-electron chi connectivity index (χ1n) is 4.12. The molecule has 1 rings (SSSR count). The highest BCUT2D eigenvalue weighted by atomic mass is 127. The summed E-state index contributed by atoms with van der Waals surface area (Å²) in [5.41, 5.74) is 9.43. The van der Waals surface area contributed by atoms with Crippen LogP contribution < -0.4 is 11.5 Å². The van der Waals surface area contributed by atoms with E-state index in [2.05, 4.69) is 4.99 Å². The number of rotatable bonds is 2. The summed E-state index contributed by atoms with van der Waals surface area (Å²) in [4.78, 5) is 3.54. The first kappa shape index (κ1) is 15.0. The molecule has 16 heavy (non-hydrogen) atoms. The van der Waals surface area contributed by atoms with Crippen LogP contribution in [0, 0.1) is 0 Å². The Kier molecular flexibility index (Phi) is 5.56. The van der Waals surface area contributed by atoms with E-state index in [0.29, 0.717) is 0 Å². The standard InChI is InChI=1S/C9H10F3N3.HI/c10-9(11,12)7-4-2-1-3-6(7)5-15-8(13)14;/h1-4H,5H2,(H4,13,14,15);1H. The average Bonchev–Trinajstić information content (AvgIpc) is 2.13. The monoisotopic (exact) mass is 345 g/mol. The average molecular weight is 345 g/mol. The maximum absolute atomic E-state index is 12.5. The number of alkyl halides is 3. The number of nitrogens with two attached hydrogens (primary N) is 2. The molecular weight excluding hydrogens is 334 g/mol. The van der Waals surface area contributed by atoms with Crippen LogP contribution in [0.25, 0.3) is 0 Å². The molecule has 90 valence electrons. The van der Waals surface area contributed by atoms with Crippen molar-refractivity contribution in [1.29, 1.82) is 0 Å². The molecule has 4 N–H and O–H groups in total. The number of halogens is 4. The zero-order chi connectivity index (χ0) is 11.5. The molecule has 0 heterocycles. The molecule has 7 heteroatoms. The maximum atomic E-state index is 12.5. The highest BCUT2D eigenvalue weighted by Gasteiger charge is 2.32. The van der Waals surface area contributed by atoms with Crippen molar-refractivity contribution in [2.24, 2.45) is 16.5 Å². The second kappa shape index (κ2) is 5.92. The van der Waals surface area contributed by atoms with Crippen LogP contribution in [0.1, 0.15) is 11.1 Å². The minimum atomic E-state index is -4.38. The van der Waals surface area contributed by atoms with Gasteiger partial charge in [-0.25, -0.2) is 4.99 Å². The zero-order valence-electron chi connectivity index (χ0n) is 8.16. The van der Waals surface area contributed by atoms with Gasteiger partial charge in [0, 0.05) is 0 Å². The summed E-state index contributed by atoms with van der Waals surface area (Å²) in [6, 6.07) is 5.17. The van der Waals surface area contributed by atoms with Crippen LogP contribution in [0.4, 0.5) is 13.2 Å². The van der Waals surface area contributed by atoms with Crippen molar-refractivity contribution in [3.05, 3.63) is 35.4 Å². The van der Waals surface area contributed by atoms with Gasteiger partial charge in [0.25, 0.3) is 0 Å². The molecule has 0 unspecified atom stereocenters. The van der Waals surface area contributed by atoms with Gasteiger partial charge in [-0.3, -0.25) is 0 Å². The van der Waals surface area contributed by atoms with Gasteiger partial charge in [-0.05, 0) is 11.6 Å². The molecule has 0 aliphatic heterocycles. The van der Waals surface area contributed by atoms with Crippen LogP contribution in [0.3, 0.4) is 0 Å². The summed E-state index contributed by atoms with van der Waals surface area (Å²) in [7, 11) is 0. The predicted octanol–water partition coefficient (Wildman–Crippen LogP) is 2.10. The largest absolute Gasteiger partial charge is 0.416 e. The van der Waals surface area contributed by atoms with Gasteiger partial charge in [-0.2, -0.15) is 13.2 Å². The third kappa shape index (κ3) is 4.25. The van der Waals surface area contributed by atoms with E-state index in [9.17, 15) is 13.2 Å². The normalized spacial score (nSPS) is 10.4. The first-order valence-corrected chi connectivity index (χ1v) is 4.12. The fourth-order valence-corrected chi connectivity index (χ4v) is 1.11. The molecule has 0 radical (unpaired) electrons. The molecule has 0 bridgehead atoms. The molecule has 0 aromatic heterocycles. The number of aliphatic imine (C=N–C) groups is 1. The fraction of sp³-hybridized carbons (Fsp3) is 0.222. The molecule has 0 amide bonds. The summed E-state index contributed by atoms with van der Waals surface area (Å²) >= 11 is 0. The molecule has 0 saturated carbocycles. The molecule has 1 aromatic carbocycles.